The molecule has 0 atom stereocenters. The summed E-state index contributed by atoms with van der Waals surface area (Å²) in [7, 11) is 0. The number of rotatable bonds is 4. The van der Waals surface area contributed by atoms with Gasteiger partial charge in [0.2, 0.25) is 0 Å². The predicted molar refractivity (Wildman–Crippen MR) is 96.1 cm³/mol. The van der Waals surface area contributed by atoms with E-state index in [0.29, 0.717) is 5.69 Å². The van der Waals surface area contributed by atoms with E-state index in [1.807, 2.05) is 12.4 Å². The highest BCUT2D eigenvalue weighted by Gasteiger charge is 2.21. The van der Waals surface area contributed by atoms with Gasteiger partial charge in [0, 0.05) is 25.2 Å². The second-order valence-corrected chi connectivity index (χ2v) is 6.25. The van der Waals surface area contributed by atoms with Gasteiger partial charge in [-0.2, -0.15) is 5.26 Å². The fourth-order valence-electron chi connectivity index (χ4n) is 3.32. The molecule has 0 amide bonds. The number of hydrogen-bond acceptors (Lipinski definition) is 4. The highest BCUT2D eigenvalue weighted by Crippen LogP contribution is 2.23. The lowest BCUT2D eigenvalue weighted by Crippen LogP contribution is -2.31. The van der Waals surface area contributed by atoms with Crippen molar-refractivity contribution in [3.8, 4) is 6.07 Å². The normalized spacial score (nSPS) is 13.3. The van der Waals surface area contributed by atoms with Gasteiger partial charge in [-0.25, -0.2) is 9.97 Å². The van der Waals surface area contributed by atoms with Crippen LogP contribution in [0.25, 0.3) is 0 Å². The lowest BCUT2D eigenvalue weighted by molar-refractivity contribution is 0.625. The summed E-state index contributed by atoms with van der Waals surface area (Å²) < 4.78 is 2.29. The van der Waals surface area contributed by atoms with E-state index in [-0.39, 0.29) is 0 Å². The van der Waals surface area contributed by atoms with Crippen molar-refractivity contribution in [2.45, 2.75) is 25.9 Å². The average Bonchev–Trinajstić information content (AvgIpc) is 3.09. The Balaban J connectivity index is 1.45. The second-order valence-electron chi connectivity index (χ2n) is 6.25. The molecule has 0 bridgehead atoms. The van der Waals surface area contributed by atoms with E-state index < -0.39 is 0 Å². The first-order valence-electron chi connectivity index (χ1n) is 8.51. The van der Waals surface area contributed by atoms with Crippen molar-refractivity contribution < 1.29 is 0 Å². The summed E-state index contributed by atoms with van der Waals surface area (Å²) in [6.07, 6.45) is 5.74. The van der Waals surface area contributed by atoms with Crippen LogP contribution in [0.5, 0.6) is 0 Å². The zero-order valence-corrected chi connectivity index (χ0v) is 14.0. The highest BCUT2D eigenvalue weighted by molar-refractivity contribution is 5.47. The predicted octanol–water partition coefficient (Wildman–Crippen LogP) is 2.96. The van der Waals surface area contributed by atoms with E-state index in [4.69, 9.17) is 5.26 Å². The Bertz CT molecular complexity index is 890. The number of aryl methyl sites for hydroxylation is 2. The first-order chi connectivity index (χ1) is 12.3. The topological polar surface area (TPSA) is 57.7 Å². The zero-order chi connectivity index (χ0) is 17.1. The molecule has 3 aromatic rings. The second kappa shape index (κ2) is 6.78. The minimum absolute atomic E-state index is 0.451. The largest absolute Gasteiger partial charge is 0.364 e. The van der Waals surface area contributed by atoms with Crippen molar-refractivity contribution in [2.75, 3.05) is 11.4 Å². The van der Waals surface area contributed by atoms with Gasteiger partial charge >= 0.3 is 0 Å². The first-order valence-corrected chi connectivity index (χ1v) is 8.51. The highest BCUT2D eigenvalue weighted by atomic mass is 15.2. The number of nitriles is 1. The molecular formula is C20H19N5. The van der Waals surface area contributed by atoms with Crippen LogP contribution < -0.4 is 4.90 Å². The lowest BCUT2D eigenvalue weighted by atomic mass is 10.1. The molecule has 0 saturated carbocycles. The molecule has 124 valence electrons. The van der Waals surface area contributed by atoms with Crippen LogP contribution in [0.15, 0.2) is 55.0 Å². The Hall–Kier alpha value is -3.13. The molecule has 5 nitrogen and oxygen atoms in total. The summed E-state index contributed by atoms with van der Waals surface area (Å²) in [5, 5.41) is 8.87. The Morgan fingerprint density at radius 3 is 2.72 bits per heavy atom. The number of aromatic nitrogens is 3. The summed E-state index contributed by atoms with van der Waals surface area (Å²) in [5.74, 6) is 0. The molecule has 25 heavy (non-hydrogen) atoms. The third-order valence-electron chi connectivity index (χ3n) is 4.70. The van der Waals surface area contributed by atoms with Gasteiger partial charge in [-0.1, -0.05) is 30.3 Å². The minimum Gasteiger partial charge on any atom is -0.364 e. The molecule has 0 fully saturated rings. The van der Waals surface area contributed by atoms with Crippen molar-refractivity contribution in [3.63, 3.8) is 0 Å². The van der Waals surface area contributed by atoms with Crippen LogP contribution >= 0.6 is 0 Å². The van der Waals surface area contributed by atoms with E-state index in [1.165, 1.54) is 11.3 Å². The molecule has 2 aromatic heterocycles. The van der Waals surface area contributed by atoms with Gasteiger partial charge in [0.1, 0.15) is 11.8 Å². The SMILES string of the molecule is N#Cc1ccc(N2CCc3c(ncn3CCc3ccccc3)C2)cn1. The number of imidazole rings is 1. The molecule has 1 aliphatic heterocycles. The molecule has 0 saturated heterocycles. The number of anilines is 1. The van der Waals surface area contributed by atoms with E-state index in [0.717, 1.165) is 43.9 Å². The summed E-state index contributed by atoms with van der Waals surface area (Å²) in [6.45, 7) is 2.70. The van der Waals surface area contributed by atoms with Crippen LogP contribution in [-0.4, -0.2) is 21.1 Å². The maximum atomic E-state index is 8.87. The van der Waals surface area contributed by atoms with Crippen LogP contribution in [0.3, 0.4) is 0 Å². The first kappa shape index (κ1) is 15.4. The van der Waals surface area contributed by atoms with E-state index >= 15 is 0 Å². The van der Waals surface area contributed by atoms with Crippen LogP contribution in [0.4, 0.5) is 5.69 Å². The van der Waals surface area contributed by atoms with Crippen molar-refractivity contribution in [3.05, 3.63) is 77.6 Å². The van der Waals surface area contributed by atoms with E-state index in [1.54, 1.807) is 12.3 Å². The van der Waals surface area contributed by atoms with Gasteiger partial charge in [-0.05, 0) is 24.1 Å². The third-order valence-corrected chi connectivity index (χ3v) is 4.70. The fraction of sp³-hybridized carbons (Fsp3) is 0.250. The van der Waals surface area contributed by atoms with Crippen molar-refractivity contribution in [1.29, 1.82) is 5.26 Å². The van der Waals surface area contributed by atoms with Crippen molar-refractivity contribution >= 4 is 5.69 Å². The van der Waals surface area contributed by atoms with Gasteiger partial charge in [0.05, 0.1) is 30.5 Å². The standard InChI is InChI=1S/C20H19N5/c21-12-17-6-7-18(13-22-17)24-11-9-20-19(14-24)23-15-25(20)10-8-16-4-2-1-3-5-16/h1-7,13,15H,8-11,14H2. The average molecular weight is 329 g/mol. The summed E-state index contributed by atoms with van der Waals surface area (Å²) in [4.78, 5) is 11.1. The molecule has 0 N–H and O–H groups in total. The summed E-state index contributed by atoms with van der Waals surface area (Å²) in [6, 6.07) is 16.3. The Morgan fingerprint density at radius 2 is 1.96 bits per heavy atom. The number of fused-ring (bicyclic) bond motifs is 1. The van der Waals surface area contributed by atoms with Crippen LogP contribution in [0.1, 0.15) is 22.6 Å². The van der Waals surface area contributed by atoms with E-state index in [9.17, 15) is 0 Å². The summed E-state index contributed by atoms with van der Waals surface area (Å²) in [5.41, 5.74) is 5.33. The molecule has 5 heteroatoms. The molecule has 0 aliphatic carbocycles. The number of nitrogens with zero attached hydrogens (tertiary/aromatic N) is 5. The number of hydrogen-bond donors (Lipinski definition) is 0. The van der Waals surface area contributed by atoms with Gasteiger partial charge in [0.25, 0.3) is 0 Å². The minimum atomic E-state index is 0.451. The van der Waals surface area contributed by atoms with Gasteiger partial charge in [-0.15, -0.1) is 0 Å². The molecule has 0 spiro atoms. The molecule has 4 rings (SSSR count). The third kappa shape index (κ3) is 3.24. The lowest BCUT2D eigenvalue weighted by Gasteiger charge is -2.28. The molecular weight excluding hydrogens is 310 g/mol. The van der Waals surface area contributed by atoms with Gasteiger partial charge < -0.3 is 9.47 Å². The zero-order valence-electron chi connectivity index (χ0n) is 14.0. The summed E-state index contributed by atoms with van der Waals surface area (Å²) >= 11 is 0. The maximum absolute atomic E-state index is 8.87. The Kier molecular flexibility index (Phi) is 4.17. The molecule has 3 heterocycles. The molecule has 1 aliphatic rings. The van der Waals surface area contributed by atoms with Crippen molar-refractivity contribution in [2.24, 2.45) is 0 Å². The molecule has 0 unspecified atom stereocenters. The molecule has 1 aromatic carbocycles. The van der Waals surface area contributed by atoms with E-state index in [2.05, 4.69) is 55.8 Å². The van der Waals surface area contributed by atoms with Crippen molar-refractivity contribution in [1.82, 2.24) is 14.5 Å². The smallest absolute Gasteiger partial charge is 0.140 e. The Labute approximate surface area is 147 Å². The Morgan fingerprint density at radius 1 is 1.08 bits per heavy atom. The monoisotopic (exact) mass is 329 g/mol. The number of benzene rings is 1. The van der Waals surface area contributed by atoms with Crippen LogP contribution in [-0.2, 0) is 25.9 Å². The van der Waals surface area contributed by atoms with Crippen LogP contribution in [0.2, 0.25) is 0 Å². The fourth-order valence-corrected chi connectivity index (χ4v) is 3.32. The quantitative estimate of drug-likeness (QED) is 0.738. The maximum Gasteiger partial charge on any atom is 0.140 e. The van der Waals surface area contributed by atoms with Crippen LogP contribution in [0, 0.1) is 11.3 Å². The van der Waals surface area contributed by atoms with Gasteiger partial charge in [-0.3, -0.25) is 0 Å². The molecule has 0 radical (unpaired) electrons. The number of pyridine rings is 1. The van der Waals surface area contributed by atoms with Gasteiger partial charge in [0.15, 0.2) is 0 Å².